The van der Waals surface area contributed by atoms with Crippen LogP contribution in [0.15, 0.2) is 57.4 Å². The molecule has 2 bridgehead atoms. The average Bonchev–Trinajstić information content (AvgIpc) is 3.72. The molecule has 1 saturated carbocycles. The van der Waals surface area contributed by atoms with Gasteiger partial charge in [-0.25, -0.2) is 0 Å². The van der Waals surface area contributed by atoms with Crippen LogP contribution < -0.4 is 0 Å². The van der Waals surface area contributed by atoms with Gasteiger partial charge in [0.25, 0.3) is 0 Å². The Balaban J connectivity index is 0.000000261. The van der Waals surface area contributed by atoms with Gasteiger partial charge in [-0.3, -0.25) is 0 Å². The number of hydrogen-bond donors (Lipinski definition) is 0. The van der Waals surface area contributed by atoms with Gasteiger partial charge in [0.15, 0.2) is 5.76 Å². The second-order valence-corrected chi connectivity index (χ2v) is 13.3. The molecule has 2 heterocycles. The predicted molar refractivity (Wildman–Crippen MR) is 183 cm³/mol. The van der Waals surface area contributed by atoms with Crippen molar-refractivity contribution in [2.24, 2.45) is 5.92 Å². The van der Waals surface area contributed by atoms with Gasteiger partial charge in [0.2, 0.25) is 11.6 Å². The molecule has 0 spiro atoms. The number of fused-ring (bicyclic) bond motifs is 2. The van der Waals surface area contributed by atoms with E-state index in [0.717, 1.165) is 17.1 Å². The highest BCUT2D eigenvalue weighted by atomic mass is 35.5. The number of hydrogen-bond acceptors (Lipinski definition) is 8. The fourth-order valence-electron chi connectivity index (χ4n) is 5.58. The van der Waals surface area contributed by atoms with Crippen molar-refractivity contribution in [2.45, 2.75) is 62.4 Å². The lowest BCUT2D eigenvalue weighted by atomic mass is 9.81. The summed E-state index contributed by atoms with van der Waals surface area (Å²) in [5.74, 6) is -2.02. The van der Waals surface area contributed by atoms with Gasteiger partial charge in [0, 0.05) is 40.6 Å². The summed E-state index contributed by atoms with van der Waals surface area (Å²) in [4.78, 5) is -2.52. The second-order valence-electron chi connectivity index (χ2n) is 9.86. The van der Waals surface area contributed by atoms with Crippen molar-refractivity contribution in [3.63, 3.8) is 0 Å². The lowest BCUT2D eigenvalue weighted by Crippen LogP contribution is -2.57. The smallest absolute Gasteiger partial charge is 0.246 e. The molecule has 0 radical (unpaired) electrons. The second kappa shape index (κ2) is 15.4. The van der Waals surface area contributed by atoms with Gasteiger partial charge in [-0.2, -0.15) is 0 Å². The van der Waals surface area contributed by atoms with Gasteiger partial charge in [0.05, 0.1) is 37.4 Å². The highest BCUT2D eigenvalue weighted by Crippen LogP contribution is 2.75. The first-order chi connectivity index (χ1) is 20.6. The van der Waals surface area contributed by atoms with Crippen LogP contribution in [0.5, 0.6) is 0 Å². The van der Waals surface area contributed by atoms with E-state index in [2.05, 4.69) is 10.3 Å². The minimum absolute atomic E-state index is 0. The minimum atomic E-state index is -1.41. The van der Waals surface area contributed by atoms with Gasteiger partial charge in [0.1, 0.15) is 25.6 Å². The van der Waals surface area contributed by atoms with Gasteiger partial charge in [-0.15, -0.1) is 23.2 Å². The maximum Gasteiger partial charge on any atom is 0.246 e. The summed E-state index contributed by atoms with van der Waals surface area (Å²) >= 11 is 50.0. The highest BCUT2D eigenvalue weighted by molar-refractivity contribution is 6.54. The van der Waals surface area contributed by atoms with Crippen molar-refractivity contribution in [3.05, 3.63) is 71.3 Å². The van der Waals surface area contributed by atoms with E-state index >= 15 is 0 Å². The summed E-state index contributed by atoms with van der Waals surface area (Å²) < 4.78 is 31.7. The zero-order valence-corrected chi connectivity index (χ0v) is 30.9. The van der Waals surface area contributed by atoms with Crippen LogP contribution in [0.3, 0.4) is 0 Å². The highest BCUT2D eigenvalue weighted by Gasteiger charge is 2.84. The molecular weight excluding hydrogens is 756 g/mol. The van der Waals surface area contributed by atoms with E-state index < -0.39 is 27.2 Å². The first-order valence-electron chi connectivity index (χ1n) is 12.8. The molecular formula is C29H34Cl8N2O6. The van der Waals surface area contributed by atoms with Crippen molar-refractivity contribution in [1.29, 1.82) is 0 Å². The maximum absolute atomic E-state index is 6.96. The molecule has 2 aromatic rings. The molecule has 16 heteroatoms. The molecule has 4 unspecified atom stereocenters. The van der Waals surface area contributed by atoms with Crippen LogP contribution in [0.2, 0.25) is 0 Å². The summed E-state index contributed by atoms with van der Waals surface area (Å²) in [5, 5.41) is 8.66. The van der Waals surface area contributed by atoms with Crippen LogP contribution in [0.25, 0.3) is 6.08 Å². The zero-order chi connectivity index (χ0) is 33.4. The Morgan fingerprint density at radius 3 is 1.53 bits per heavy atom. The van der Waals surface area contributed by atoms with Crippen LogP contribution in [0.1, 0.15) is 50.1 Å². The van der Waals surface area contributed by atoms with E-state index in [9.17, 15) is 0 Å². The van der Waals surface area contributed by atoms with Crippen LogP contribution in [0.4, 0.5) is 0 Å². The molecule has 5 rings (SSSR count). The first kappa shape index (κ1) is 40.7. The molecule has 0 N–H and O–H groups in total. The number of methoxy groups -OCH3 is 4. The quantitative estimate of drug-likeness (QED) is 0.211. The summed E-state index contributed by atoms with van der Waals surface area (Å²) in [6.45, 7) is 7.58. The number of halogens is 8. The van der Waals surface area contributed by atoms with E-state index in [-0.39, 0.29) is 43.5 Å². The van der Waals surface area contributed by atoms with E-state index in [4.69, 9.17) is 121 Å². The molecule has 252 valence electrons. The molecule has 0 saturated heterocycles. The predicted octanol–water partition coefficient (Wildman–Crippen LogP) is 10.4. The third-order valence-electron chi connectivity index (χ3n) is 7.58. The Kier molecular flexibility index (Phi) is 13.9. The molecule has 0 aliphatic heterocycles. The van der Waals surface area contributed by atoms with Crippen molar-refractivity contribution < 1.29 is 28.0 Å². The summed E-state index contributed by atoms with van der Waals surface area (Å²) in [6.07, 6.45) is 3.79. The third kappa shape index (κ3) is 6.15. The third-order valence-corrected chi connectivity index (χ3v) is 12.2. The SMILES string of the molecule is C.C/C=C/c1cc(C)no1.COC1(OC)C(Cl)=C(Cl)C(Cl)=C1Cl.COC1(OC)C2(Cl)C(Cl)=C(Cl)C1(Cl)C(c1cc(C)no1)C2C. The molecule has 1 fully saturated rings. The van der Waals surface area contributed by atoms with E-state index in [1.165, 1.54) is 28.4 Å². The number of rotatable bonds is 6. The Labute approximate surface area is 303 Å². The molecule has 3 aliphatic rings. The number of ether oxygens (including phenoxy) is 4. The molecule has 4 atom stereocenters. The minimum Gasteiger partial charge on any atom is -0.361 e. The Morgan fingerprint density at radius 1 is 0.733 bits per heavy atom. The fraction of sp³-hybridized carbons (Fsp3) is 0.517. The standard InChI is InChI=1S/C14H15Cl4NO3.C7H6Cl4O2.C7H9NO.CH4/c1-6-5-8(22-19-6)9-7(2)12(17)10(15)11(16)13(9,18)14(12,20-3)21-4;1-12-7(13-2)5(10)3(8)4(9)6(7)11;1-3-4-7-5-6(2)8-9-7;/h5,7,9H,1-4H3;1-2H3;3-5H,1-2H3;1H4/b;;4-3+;. The van der Waals surface area contributed by atoms with Crippen LogP contribution in [0, 0.1) is 19.8 Å². The van der Waals surface area contributed by atoms with Gasteiger partial charge in [-0.05, 0) is 32.8 Å². The number of aryl methyl sites for hydroxylation is 2. The largest absolute Gasteiger partial charge is 0.361 e. The van der Waals surface area contributed by atoms with E-state index in [1.54, 1.807) is 6.07 Å². The van der Waals surface area contributed by atoms with Crippen LogP contribution >= 0.6 is 92.8 Å². The number of alkyl halides is 2. The molecule has 45 heavy (non-hydrogen) atoms. The lowest BCUT2D eigenvalue weighted by Gasteiger charge is -2.41. The first-order valence-corrected chi connectivity index (χ1v) is 15.8. The lowest BCUT2D eigenvalue weighted by molar-refractivity contribution is -0.219. The number of aromatic nitrogens is 2. The average molecular weight is 790 g/mol. The number of nitrogens with zero attached hydrogens (tertiary/aromatic N) is 2. The summed E-state index contributed by atoms with van der Waals surface area (Å²) in [7, 11) is 5.73. The van der Waals surface area contributed by atoms with Crippen molar-refractivity contribution in [3.8, 4) is 0 Å². The molecule has 0 aromatic carbocycles. The van der Waals surface area contributed by atoms with E-state index in [0.29, 0.717) is 5.76 Å². The Hall–Kier alpha value is -0.460. The summed E-state index contributed by atoms with van der Waals surface area (Å²) in [5.41, 5.74) is 1.66. The fourth-order valence-corrected chi connectivity index (χ4v) is 9.05. The van der Waals surface area contributed by atoms with Crippen molar-refractivity contribution in [1.82, 2.24) is 10.3 Å². The van der Waals surface area contributed by atoms with Gasteiger partial charge >= 0.3 is 0 Å². The molecule has 0 amide bonds. The van der Waals surface area contributed by atoms with Gasteiger partial charge in [-0.1, -0.05) is 100 Å². The topological polar surface area (TPSA) is 89.0 Å². The maximum atomic E-state index is 6.96. The molecule has 2 aromatic heterocycles. The van der Waals surface area contributed by atoms with Crippen LogP contribution in [-0.4, -0.2) is 60.1 Å². The van der Waals surface area contributed by atoms with E-state index in [1.807, 2.05) is 45.9 Å². The van der Waals surface area contributed by atoms with Crippen LogP contribution in [-0.2, 0) is 18.9 Å². The Morgan fingerprint density at radius 2 is 1.20 bits per heavy atom. The normalized spacial score (nSPS) is 27.9. The molecule has 8 nitrogen and oxygen atoms in total. The number of allylic oxidation sites excluding steroid dienone is 3. The Bertz CT molecular complexity index is 1470. The van der Waals surface area contributed by atoms with Crippen molar-refractivity contribution in [2.75, 3.05) is 28.4 Å². The van der Waals surface area contributed by atoms with Gasteiger partial charge < -0.3 is 28.0 Å². The monoisotopic (exact) mass is 786 g/mol. The summed E-state index contributed by atoms with van der Waals surface area (Å²) in [6, 6.07) is 3.69. The zero-order valence-electron chi connectivity index (χ0n) is 24.8. The molecule has 3 aliphatic carbocycles. The van der Waals surface area contributed by atoms with Crippen molar-refractivity contribution >= 4 is 98.9 Å².